The Hall–Kier alpha value is -1.22. The van der Waals surface area contributed by atoms with E-state index < -0.39 is 20.6 Å². The Kier molecular flexibility index (Phi) is 5.15. The Morgan fingerprint density at radius 2 is 2.05 bits per heavy atom. The van der Waals surface area contributed by atoms with E-state index in [0.29, 0.717) is 12.5 Å². The monoisotopic (exact) mass is 333 g/mol. The number of sulfonamides is 1. The van der Waals surface area contributed by atoms with Gasteiger partial charge in [-0.1, -0.05) is 11.6 Å². The van der Waals surface area contributed by atoms with Gasteiger partial charge in [0.2, 0.25) is 10.0 Å². The fourth-order valence-electron chi connectivity index (χ4n) is 1.77. The predicted octanol–water partition coefficient (Wildman–Crippen LogP) is 1.67. The van der Waals surface area contributed by atoms with Gasteiger partial charge < -0.3 is 5.32 Å². The molecule has 0 aromatic heterocycles. The fourth-order valence-corrected chi connectivity index (χ4v) is 3.05. The van der Waals surface area contributed by atoms with Gasteiger partial charge in [0, 0.05) is 18.7 Å². The molecule has 1 aromatic carbocycles. The highest BCUT2D eigenvalue weighted by Gasteiger charge is 2.21. The standard InChI is InChI=1S/C12H16ClN3O4S/c13-11-5-4-10(8-12(11)16(17)18)21(19,20)15-7-1-6-14-9-2-3-9/h4-5,8-9,14-15H,1-3,6-7H2. The van der Waals surface area contributed by atoms with Crippen LogP contribution in [-0.4, -0.2) is 32.5 Å². The smallest absolute Gasteiger partial charge is 0.289 e. The Bertz CT molecular complexity index is 631. The number of benzene rings is 1. The van der Waals surface area contributed by atoms with Crippen LogP contribution in [0.25, 0.3) is 0 Å². The lowest BCUT2D eigenvalue weighted by atomic mass is 10.3. The first kappa shape index (κ1) is 16.2. The molecule has 7 nitrogen and oxygen atoms in total. The number of nitrogens with zero attached hydrogens (tertiary/aromatic N) is 1. The maximum absolute atomic E-state index is 12.0. The first-order chi connectivity index (χ1) is 9.90. The SMILES string of the molecule is O=[N+]([O-])c1cc(S(=O)(=O)NCCCNC2CC2)ccc1Cl. The van der Waals surface area contributed by atoms with Crippen LogP contribution in [0.5, 0.6) is 0 Å². The summed E-state index contributed by atoms with van der Waals surface area (Å²) in [5.41, 5.74) is -0.421. The molecule has 21 heavy (non-hydrogen) atoms. The highest BCUT2D eigenvalue weighted by Crippen LogP contribution is 2.26. The molecular formula is C12H16ClN3O4S. The zero-order valence-electron chi connectivity index (χ0n) is 11.2. The van der Waals surface area contributed by atoms with E-state index in [1.165, 1.54) is 25.0 Å². The van der Waals surface area contributed by atoms with Crippen LogP contribution in [0.15, 0.2) is 23.1 Å². The van der Waals surface area contributed by atoms with Crippen molar-refractivity contribution in [1.82, 2.24) is 10.0 Å². The summed E-state index contributed by atoms with van der Waals surface area (Å²) in [4.78, 5) is 9.90. The molecule has 1 saturated carbocycles. The van der Waals surface area contributed by atoms with Crippen LogP contribution in [0, 0.1) is 10.1 Å². The van der Waals surface area contributed by atoms with Crippen LogP contribution in [0.1, 0.15) is 19.3 Å². The zero-order chi connectivity index (χ0) is 15.5. The average molecular weight is 334 g/mol. The van der Waals surface area contributed by atoms with Gasteiger partial charge in [0.05, 0.1) is 9.82 Å². The fraction of sp³-hybridized carbons (Fsp3) is 0.500. The molecule has 2 rings (SSSR count). The summed E-state index contributed by atoms with van der Waals surface area (Å²) in [5.74, 6) is 0. The van der Waals surface area contributed by atoms with E-state index in [1.54, 1.807) is 0 Å². The number of rotatable bonds is 8. The Labute approximate surface area is 127 Å². The molecule has 0 bridgehead atoms. The summed E-state index contributed by atoms with van der Waals surface area (Å²) in [6.07, 6.45) is 3.02. The van der Waals surface area contributed by atoms with Crippen molar-refractivity contribution in [1.29, 1.82) is 0 Å². The Morgan fingerprint density at radius 1 is 1.33 bits per heavy atom. The first-order valence-corrected chi connectivity index (χ1v) is 8.43. The average Bonchev–Trinajstić information content (AvgIpc) is 3.22. The highest BCUT2D eigenvalue weighted by atomic mass is 35.5. The van der Waals surface area contributed by atoms with E-state index in [-0.39, 0.29) is 16.5 Å². The third-order valence-corrected chi connectivity index (χ3v) is 4.86. The lowest BCUT2D eigenvalue weighted by Gasteiger charge is -2.07. The molecule has 1 fully saturated rings. The molecule has 2 N–H and O–H groups in total. The van der Waals surface area contributed by atoms with E-state index in [4.69, 9.17) is 11.6 Å². The summed E-state index contributed by atoms with van der Waals surface area (Å²) >= 11 is 5.66. The van der Waals surface area contributed by atoms with Gasteiger partial charge in [-0.3, -0.25) is 10.1 Å². The van der Waals surface area contributed by atoms with Crippen LogP contribution >= 0.6 is 11.6 Å². The lowest BCUT2D eigenvalue weighted by molar-refractivity contribution is -0.384. The van der Waals surface area contributed by atoms with Crippen molar-refractivity contribution in [2.75, 3.05) is 13.1 Å². The third-order valence-electron chi connectivity index (χ3n) is 3.08. The Morgan fingerprint density at radius 3 is 2.67 bits per heavy atom. The summed E-state index contributed by atoms with van der Waals surface area (Å²) in [6.45, 7) is 1.02. The van der Waals surface area contributed by atoms with E-state index in [2.05, 4.69) is 10.0 Å². The normalized spacial score (nSPS) is 15.1. The number of hydrogen-bond acceptors (Lipinski definition) is 5. The lowest BCUT2D eigenvalue weighted by Crippen LogP contribution is -2.28. The number of nitro groups is 1. The molecule has 0 spiro atoms. The van der Waals surface area contributed by atoms with Crippen LogP contribution in [0.3, 0.4) is 0 Å². The van der Waals surface area contributed by atoms with Crippen LogP contribution < -0.4 is 10.0 Å². The van der Waals surface area contributed by atoms with Crippen molar-refractivity contribution in [3.05, 3.63) is 33.3 Å². The number of hydrogen-bond donors (Lipinski definition) is 2. The minimum absolute atomic E-state index is 0.0902. The second kappa shape index (κ2) is 6.69. The number of nitro benzene ring substituents is 1. The van der Waals surface area contributed by atoms with Crippen LogP contribution in [0.2, 0.25) is 5.02 Å². The van der Waals surface area contributed by atoms with Crippen molar-refractivity contribution >= 4 is 27.3 Å². The van der Waals surface area contributed by atoms with Gasteiger partial charge in [-0.2, -0.15) is 0 Å². The minimum Gasteiger partial charge on any atom is -0.314 e. The summed E-state index contributed by atoms with van der Waals surface area (Å²) < 4.78 is 26.5. The molecule has 1 aliphatic carbocycles. The van der Waals surface area contributed by atoms with Gasteiger partial charge in [-0.25, -0.2) is 13.1 Å². The van der Waals surface area contributed by atoms with Crippen molar-refractivity contribution in [3.8, 4) is 0 Å². The molecule has 0 atom stereocenters. The van der Waals surface area contributed by atoms with Crippen molar-refractivity contribution in [3.63, 3.8) is 0 Å². The maximum Gasteiger partial charge on any atom is 0.289 e. The van der Waals surface area contributed by atoms with Crippen molar-refractivity contribution in [2.24, 2.45) is 0 Å². The van der Waals surface area contributed by atoms with E-state index in [0.717, 1.165) is 12.6 Å². The molecule has 0 aliphatic heterocycles. The second-order valence-electron chi connectivity index (χ2n) is 4.85. The van der Waals surface area contributed by atoms with E-state index >= 15 is 0 Å². The molecule has 9 heteroatoms. The summed E-state index contributed by atoms with van der Waals surface area (Å²) in [7, 11) is -3.76. The topological polar surface area (TPSA) is 101 Å². The first-order valence-electron chi connectivity index (χ1n) is 6.57. The molecule has 1 aliphatic rings. The van der Waals surface area contributed by atoms with Gasteiger partial charge in [0.25, 0.3) is 5.69 Å². The van der Waals surface area contributed by atoms with Gasteiger partial charge in [-0.15, -0.1) is 0 Å². The van der Waals surface area contributed by atoms with Gasteiger partial charge >= 0.3 is 0 Å². The van der Waals surface area contributed by atoms with Crippen LogP contribution in [-0.2, 0) is 10.0 Å². The molecule has 0 saturated heterocycles. The van der Waals surface area contributed by atoms with Crippen molar-refractivity contribution in [2.45, 2.75) is 30.2 Å². The molecule has 0 heterocycles. The number of nitrogens with one attached hydrogen (secondary N) is 2. The summed E-state index contributed by atoms with van der Waals surface area (Å²) in [5, 5.41) is 13.9. The predicted molar refractivity (Wildman–Crippen MR) is 78.9 cm³/mol. The quantitative estimate of drug-likeness (QED) is 0.428. The van der Waals surface area contributed by atoms with Gasteiger partial charge in [0.15, 0.2) is 0 Å². The molecule has 1 aromatic rings. The molecular weight excluding hydrogens is 318 g/mol. The Balaban J connectivity index is 1.94. The largest absolute Gasteiger partial charge is 0.314 e. The van der Waals surface area contributed by atoms with Gasteiger partial charge in [-0.05, 0) is 37.9 Å². The molecule has 0 amide bonds. The molecule has 0 radical (unpaired) electrons. The van der Waals surface area contributed by atoms with Gasteiger partial charge in [0.1, 0.15) is 5.02 Å². The van der Waals surface area contributed by atoms with Crippen LogP contribution in [0.4, 0.5) is 5.69 Å². The van der Waals surface area contributed by atoms with E-state index in [9.17, 15) is 18.5 Å². The van der Waals surface area contributed by atoms with Crippen molar-refractivity contribution < 1.29 is 13.3 Å². The number of halogens is 1. The summed E-state index contributed by atoms with van der Waals surface area (Å²) in [6, 6.07) is 4.01. The maximum atomic E-state index is 12.0. The highest BCUT2D eigenvalue weighted by molar-refractivity contribution is 7.89. The second-order valence-corrected chi connectivity index (χ2v) is 7.02. The third kappa shape index (κ3) is 4.63. The molecule has 0 unspecified atom stereocenters. The molecule has 116 valence electrons. The minimum atomic E-state index is -3.76. The van der Waals surface area contributed by atoms with E-state index in [1.807, 2.05) is 0 Å². The zero-order valence-corrected chi connectivity index (χ0v) is 12.8.